The molecule has 0 bridgehead atoms. The smallest absolute Gasteiger partial charge is 0.267 e. The van der Waals surface area contributed by atoms with Crippen molar-refractivity contribution in [2.75, 3.05) is 12.3 Å². The highest BCUT2D eigenvalue weighted by Gasteiger charge is 2.12. The van der Waals surface area contributed by atoms with Gasteiger partial charge in [-0.2, -0.15) is 0 Å². The number of hydrogen-bond donors (Lipinski definition) is 2. The molecule has 0 aliphatic rings. The van der Waals surface area contributed by atoms with Gasteiger partial charge in [-0.1, -0.05) is 20.3 Å². The van der Waals surface area contributed by atoms with E-state index in [1.807, 2.05) is 11.5 Å². The van der Waals surface area contributed by atoms with Gasteiger partial charge in [0.05, 0.1) is 5.69 Å². The van der Waals surface area contributed by atoms with E-state index in [1.165, 1.54) is 0 Å². The van der Waals surface area contributed by atoms with Gasteiger partial charge < -0.3 is 15.6 Å². The van der Waals surface area contributed by atoms with Gasteiger partial charge in [0.2, 0.25) is 0 Å². The van der Waals surface area contributed by atoms with E-state index in [9.17, 15) is 4.79 Å². The lowest BCUT2D eigenvalue weighted by Gasteiger charge is -2.11. The van der Waals surface area contributed by atoms with E-state index in [0.717, 1.165) is 13.0 Å². The normalized spacial score (nSPS) is 12.4. The van der Waals surface area contributed by atoms with E-state index in [0.29, 0.717) is 23.8 Å². The number of nitrogen functional groups attached to an aromatic ring is 1. The number of amides is 1. The zero-order valence-corrected chi connectivity index (χ0v) is 10.3. The second-order valence-corrected chi connectivity index (χ2v) is 4.17. The van der Waals surface area contributed by atoms with E-state index in [4.69, 9.17) is 5.73 Å². The Labute approximate surface area is 96.8 Å². The van der Waals surface area contributed by atoms with Gasteiger partial charge in [0, 0.05) is 19.3 Å². The summed E-state index contributed by atoms with van der Waals surface area (Å²) in [5, 5.41) is 2.92. The molecule has 1 rings (SSSR count). The maximum absolute atomic E-state index is 11.9. The van der Waals surface area contributed by atoms with Crippen molar-refractivity contribution >= 4 is 11.6 Å². The van der Waals surface area contributed by atoms with Crippen molar-refractivity contribution in [3.63, 3.8) is 0 Å². The van der Waals surface area contributed by atoms with Crippen LogP contribution in [0.5, 0.6) is 0 Å². The largest absolute Gasteiger partial charge is 0.397 e. The Morgan fingerprint density at radius 2 is 2.25 bits per heavy atom. The topological polar surface area (TPSA) is 60.1 Å². The molecule has 1 aromatic rings. The molecule has 0 aliphatic heterocycles. The SMILES string of the molecule is CCC(C)CNC(=O)c1cc(N)cn1CC. The van der Waals surface area contributed by atoms with E-state index in [-0.39, 0.29) is 5.91 Å². The number of aryl methyl sites for hydroxylation is 1. The van der Waals surface area contributed by atoms with Crippen LogP contribution in [0.3, 0.4) is 0 Å². The van der Waals surface area contributed by atoms with Crippen molar-refractivity contribution in [3.8, 4) is 0 Å². The fourth-order valence-corrected chi connectivity index (χ4v) is 1.49. The van der Waals surface area contributed by atoms with Crippen LogP contribution in [0.15, 0.2) is 12.3 Å². The molecular formula is C12H21N3O. The molecule has 0 saturated heterocycles. The first-order valence-electron chi connectivity index (χ1n) is 5.82. The standard InChI is InChI=1S/C12H21N3O/c1-4-9(3)7-14-12(16)11-6-10(13)8-15(11)5-2/h6,8-9H,4-5,7,13H2,1-3H3,(H,14,16). The van der Waals surface area contributed by atoms with Crippen LogP contribution < -0.4 is 11.1 Å². The molecule has 1 atom stereocenters. The molecule has 0 saturated carbocycles. The number of carbonyl (C=O) groups excluding carboxylic acids is 1. The molecule has 0 spiro atoms. The summed E-state index contributed by atoms with van der Waals surface area (Å²) in [6.45, 7) is 7.69. The predicted octanol–water partition coefficient (Wildman–Crippen LogP) is 1.87. The maximum Gasteiger partial charge on any atom is 0.267 e. The van der Waals surface area contributed by atoms with Crippen molar-refractivity contribution < 1.29 is 4.79 Å². The van der Waals surface area contributed by atoms with Crippen LogP contribution in [0.25, 0.3) is 0 Å². The molecule has 4 nitrogen and oxygen atoms in total. The predicted molar refractivity (Wildman–Crippen MR) is 66.3 cm³/mol. The van der Waals surface area contributed by atoms with E-state index in [2.05, 4.69) is 19.2 Å². The van der Waals surface area contributed by atoms with Gasteiger partial charge in [0.1, 0.15) is 5.69 Å². The molecule has 1 heterocycles. The van der Waals surface area contributed by atoms with Crippen LogP contribution in [0, 0.1) is 5.92 Å². The summed E-state index contributed by atoms with van der Waals surface area (Å²) in [4.78, 5) is 11.9. The molecule has 3 N–H and O–H groups in total. The third-order valence-electron chi connectivity index (χ3n) is 2.80. The Morgan fingerprint density at radius 3 is 2.81 bits per heavy atom. The molecule has 0 radical (unpaired) electrons. The van der Waals surface area contributed by atoms with Crippen molar-refractivity contribution in [1.29, 1.82) is 0 Å². The van der Waals surface area contributed by atoms with Crippen LogP contribution in [-0.4, -0.2) is 17.0 Å². The summed E-state index contributed by atoms with van der Waals surface area (Å²) in [6.07, 6.45) is 2.86. The molecule has 1 aromatic heterocycles. The Balaban J connectivity index is 2.65. The number of carbonyl (C=O) groups is 1. The summed E-state index contributed by atoms with van der Waals surface area (Å²) in [5.41, 5.74) is 6.95. The summed E-state index contributed by atoms with van der Waals surface area (Å²) < 4.78 is 1.86. The average molecular weight is 223 g/mol. The number of nitrogens with zero attached hydrogens (tertiary/aromatic N) is 1. The first-order chi connectivity index (χ1) is 7.58. The van der Waals surface area contributed by atoms with Gasteiger partial charge in [-0.25, -0.2) is 0 Å². The Morgan fingerprint density at radius 1 is 1.56 bits per heavy atom. The molecule has 90 valence electrons. The number of hydrogen-bond acceptors (Lipinski definition) is 2. The van der Waals surface area contributed by atoms with Crippen LogP contribution in [0.4, 0.5) is 5.69 Å². The van der Waals surface area contributed by atoms with Gasteiger partial charge in [-0.3, -0.25) is 4.79 Å². The first-order valence-corrected chi connectivity index (χ1v) is 5.82. The molecule has 4 heteroatoms. The summed E-state index contributed by atoms with van der Waals surface area (Å²) >= 11 is 0. The van der Waals surface area contributed by atoms with E-state index >= 15 is 0 Å². The zero-order chi connectivity index (χ0) is 12.1. The molecule has 0 aliphatic carbocycles. The van der Waals surface area contributed by atoms with Crippen molar-refractivity contribution in [2.24, 2.45) is 5.92 Å². The highest BCUT2D eigenvalue weighted by atomic mass is 16.1. The van der Waals surface area contributed by atoms with Gasteiger partial charge in [-0.15, -0.1) is 0 Å². The minimum atomic E-state index is -0.0427. The fourth-order valence-electron chi connectivity index (χ4n) is 1.49. The lowest BCUT2D eigenvalue weighted by molar-refractivity contribution is 0.0938. The van der Waals surface area contributed by atoms with Gasteiger partial charge >= 0.3 is 0 Å². The minimum Gasteiger partial charge on any atom is -0.397 e. The number of rotatable bonds is 5. The second kappa shape index (κ2) is 5.58. The van der Waals surface area contributed by atoms with Crippen LogP contribution >= 0.6 is 0 Å². The van der Waals surface area contributed by atoms with Gasteiger partial charge in [0.15, 0.2) is 0 Å². The van der Waals surface area contributed by atoms with Gasteiger partial charge in [0.25, 0.3) is 5.91 Å². The molecular weight excluding hydrogens is 202 g/mol. The number of anilines is 1. The molecule has 16 heavy (non-hydrogen) atoms. The molecule has 0 aromatic carbocycles. The van der Waals surface area contributed by atoms with E-state index in [1.54, 1.807) is 12.3 Å². The van der Waals surface area contributed by atoms with Crippen LogP contribution in [0.2, 0.25) is 0 Å². The number of nitrogens with two attached hydrogens (primary N) is 1. The molecule has 1 unspecified atom stereocenters. The van der Waals surface area contributed by atoms with Crippen LogP contribution in [-0.2, 0) is 6.54 Å². The fraction of sp³-hybridized carbons (Fsp3) is 0.583. The van der Waals surface area contributed by atoms with Crippen molar-refractivity contribution in [1.82, 2.24) is 9.88 Å². The third-order valence-corrected chi connectivity index (χ3v) is 2.80. The van der Waals surface area contributed by atoms with Crippen LogP contribution in [0.1, 0.15) is 37.7 Å². The maximum atomic E-state index is 11.9. The lowest BCUT2D eigenvalue weighted by Crippen LogP contribution is -2.29. The zero-order valence-electron chi connectivity index (χ0n) is 10.3. The average Bonchev–Trinajstić information content (AvgIpc) is 2.66. The highest BCUT2D eigenvalue weighted by Crippen LogP contribution is 2.10. The Bertz CT molecular complexity index is 357. The monoisotopic (exact) mass is 223 g/mol. The first kappa shape index (κ1) is 12.6. The second-order valence-electron chi connectivity index (χ2n) is 4.17. The minimum absolute atomic E-state index is 0.0427. The van der Waals surface area contributed by atoms with E-state index < -0.39 is 0 Å². The Hall–Kier alpha value is -1.45. The third kappa shape index (κ3) is 3.02. The quantitative estimate of drug-likeness (QED) is 0.800. The number of nitrogens with one attached hydrogen (secondary N) is 1. The molecule has 0 fully saturated rings. The summed E-state index contributed by atoms with van der Waals surface area (Å²) in [7, 11) is 0. The Kier molecular flexibility index (Phi) is 4.40. The summed E-state index contributed by atoms with van der Waals surface area (Å²) in [6, 6.07) is 1.72. The number of aromatic nitrogens is 1. The lowest BCUT2D eigenvalue weighted by atomic mass is 10.1. The van der Waals surface area contributed by atoms with Crippen molar-refractivity contribution in [3.05, 3.63) is 18.0 Å². The molecule has 1 amide bonds. The summed E-state index contributed by atoms with van der Waals surface area (Å²) in [5.74, 6) is 0.463. The highest BCUT2D eigenvalue weighted by molar-refractivity contribution is 5.93. The van der Waals surface area contributed by atoms with Gasteiger partial charge in [-0.05, 0) is 18.9 Å². The van der Waals surface area contributed by atoms with Crippen molar-refractivity contribution in [2.45, 2.75) is 33.7 Å².